The average Bonchev–Trinajstić information content (AvgIpc) is 2.52. The Morgan fingerprint density at radius 3 is 2.86 bits per heavy atom. The lowest BCUT2D eigenvalue weighted by molar-refractivity contribution is -0.136. The molecule has 1 aliphatic rings. The van der Waals surface area contributed by atoms with Crippen molar-refractivity contribution in [1.82, 2.24) is 5.48 Å². The number of carbonyl (C=O) groups is 1. The normalized spacial score (nSPS) is 26.9. The van der Waals surface area contributed by atoms with Gasteiger partial charge < -0.3 is 0 Å². The second kappa shape index (κ2) is 5.03. The van der Waals surface area contributed by atoms with Crippen LogP contribution >= 0.6 is 11.8 Å². The molecule has 1 heterocycles. The van der Waals surface area contributed by atoms with Crippen LogP contribution in [0.25, 0.3) is 0 Å². The number of nitrogens with one attached hydrogen (secondary N) is 1. The molecule has 0 radical (unpaired) electrons. The second-order valence-electron chi connectivity index (χ2n) is 4.32. The van der Waals surface area contributed by atoms with Crippen molar-refractivity contribution in [2.75, 3.05) is 12.4 Å². The molecule has 0 bridgehead atoms. The first-order valence-corrected chi connectivity index (χ1v) is 6.09. The number of carbonyl (C=O) groups excluding carboxylic acids is 1. The molecule has 1 amide bonds. The van der Waals surface area contributed by atoms with Crippen LogP contribution in [0, 0.1) is 5.92 Å². The van der Waals surface area contributed by atoms with Crippen LogP contribution in [0.2, 0.25) is 0 Å². The summed E-state index contributed by atoms with van der Waals surface area (Å²) in [6.07, 6.45) is 2.08. The van der Waals surface area contributed by atoms with E-state index >= 15 is 0 Å². The molecular weight excluding hydrogens is 198 g/mol. The molecule has 1 N–H and O–H groups in total. The summed E-state index contributed by atoms with van der Waals surface area (Å²) < 4.78 is -0.267. The smallest absolute Gasteiger partial charge is 0.259 e. The van der Waals surface area contributed by atoms with Gasteiger partial charge in [0.05, 0.1) is 11.4 Å². The Bertz CT molecular complexity index is 200. The minimum atomic E-state index is -0.267. The molecule has 0 aromatic heterocycles. The molecule has 0 aromatic carbocycles. The molecule has 3 nitrogen and oxygen atoms in total. The van der Waals surface area contributed by atoms with Gasteiger partial charge in [-0.1, -0.05) is 13.8 Å². The number of amides is 1. The molecule has 0 aliphatic carbocycles. The molecule has 1 saturated heterocycles. The van der Waals surface area contributed by atoms with Gasteiger partial charge in [-0.05, 0) is 31.4 Å². The molecule has 1 atom stereocenters. The molecule has 0 saturated carbocycles. The Kier molecular flexibility index (Phi) is 4.26. The van der Waals surface area contributed by atoms with Gasteiger partial charge in [0.2, 0.25) is 0 Å². The molecule has 82 valence electrons. The molecule has 1 unspecified atom stereocenters. The first-order chi connectivity index (χ1) is 6.54. The van der Waals surface area contributed by atoms with Gasteiger partial charge in [0.1, 0.15) is 0 Å². The number of hydrogen-bond acceptors (Lipinski definition) is 3. The van der Waals surface area contributed by atoms with Gasteiger partial charge in [0.15, 0.2) is 0 Å². The fraction of sp³-hybridized carbons (Fsp3) is 0.900. The maximum atomic E-state index is 11.7. The van der Waals surface area contributed by atoms with E-state index in [1.165, 1.54) is 0 Å². The SMILES string of the molecule is CC(C)CONC(=O)C1(C)CCCS1. The Morgan fingerprint density at radius 2 is 2.36 bits per heavy atom. The summed E-state index contributed by atoms with van der Waals surface area (Å²) in [5.74, 6) is 1.54. The van der Waals surface area contributed by atoms with Crippen LogP contribution in [0.15, 0.2) is 0 Å². The van der Waals surface area contributed by atoms with E-state index in [0.29, 0.717) is 12.5 Å². The highest BCUT2D eigenvalue weighted by Gasteiger charge is 2.37. The van der Waals surface area contributed by atoms with E-state index in [1.54, 1.807) is 11.8 Å². The Balaban J connectivity index is 2.27. The zero-order chi connectivity index (χ0) is 10.6. The van der Waals surface area contributed by atoms with Crippen molar-refractivity contribution in [3.8, 4) is 0 Å². The van der Waals surface area contributed by atoms with Gasteiger partial charge in [-0.2, -0.15) is 0 Å². The number of thioether (sulfide) groups is 1. The van der Waals surface area contributed by atoms with E-state index in [4.69, 9.17) is 4.84 Å². The predicted molar refractivity (Wildman–Crippen MR) is 59.0 cm³/mol. The third-order valence-electron chi connectivity index (χ3n) is 2.28. The van der Waals surface area contributed by atoms with Crippen molar-refractivity contribution in [3.63, 3.8) is 0 Å². The zero-order valence-electron chi connectivity index (χ0n) is 9.13. The van der Waals surface area contributed by atoms with Crippen LogP contribution in [0.3, 0.4) is 0 Å². The number of rotatable bonds is 4. The molecule has 1 aliphatic heterocycles. The van der Waals surface area contributed by atoms with E-state index in [2.05, 4.69) is 19.3 Å². The maximum absolute atomic E-state index is 11.7. The monoisotopic (exact) mass is 217 g/mol. The molecule has 14 heavy (non-hydrogen) atoms. The van der Waals surface area contributed by atoms with Crippen LogP contribution in [-0.2, 0) is 9.63 Å². The van der Waals surface area contributed by atoms with Crippen molar-refractivity contribution < 1.29 is 9.63 Å². The summed E-state index contributed by atoms with van der Waals surface area (Å²) in [4.78, 5) is 16.8. The molecule has 1 rings (SSSR count). The number of hydrogen-bond donors (Lipinski definition) is 1. The first kappa shape index (κ1) is 11.9. The highest BCUT2D eigenvalue weighted by Crippen LogP contribution is 2.37. The lowest BCUT2D eigenvalue weighted by Crippen LogP contribution is -2.40. The molecule has 1 fully saturated rings. The summed E-state index contributed by atoms with van der Waals surface area (Å²) in [6, 6.07) is 0. The summed E-state index contributed by atoms with van der Waals surface area (Å²) in [7, 11) is 0. The Labute approximate surface area is 89.9 Å². The van der Waals surface area contributed by atoms with Gasteiger partial charge in [-0.15, -0.1) is 11.8 Å². The Morgan fingerprint density at radius 1 is 1.64 bits per heavy atom. The minimum absolute atomic E-state index is 0.0145. The topological polar surface area (TPSA) is 38.3 Å². The first-order valence-electron chi connectivity index (χ1n) is 5.11. The van der Waals surface area contributed by atoms with E-state index in [-0.39, 0.29) is 10.7 Å². The van der Waals surface area contributed by atoms with Crippen molar-refractivity contribution >= 4 is 17.7 Å². The van der Waals surface area contributed by atoms with E-state index < -0.39 is 0 Å². The van der Waals surface area contributed by atoms with Crippen LogP contribution in [-0.4, -0.2) is 23.0 Å². The third-order valence-corrected chi connectivity index (χ3v) is 3.80. The average molecular weight is 217 g/mol. The standard InChI is InChI=1S/C10H19NO2S/c1-8(2)7-13-11-9(12)10(3)5-4-6-14-10/h8H,4-7H2,1-3H3,(H,11,12). The minimum Gasteiger partial charge on any atom is -0.273 e. The zero-order valence-corrected chi connectivity index (χ0v) is 9.95. The van der Waals surface area contributed by atoms with Crippen molar-refractivity contribution in [1.29, 1.82) is 0 Å². The maximum Gasteiger partial charge on any atom is 0.259 e. The summed E-state index contributed by atoms with van der Waals surface area (Å²) in [5.41, 5.74) is 2.54. The Hall–Kier alpha value is -0.220. The third kappa shape index (κ3) is 3.17. The summed E-state index contributed by atoms with van der Waals surface area (Å²) >= 11 is 1.72. The highest BCUT2D eigenvalue weighted by atomic mass is 32.2. The molecular formula is C10H19NO2S. The van der Waals surface area contributed by atoms with E-state index in [1.807, 2.05) is 6.92 Å². The second-order valence-corrected chi connectivity index (χ2v) is 5.92. The molecule has 0 aromatic rings. The van der Waals surface area contributed by atoms with Crippen LogP contribution in [0.5, 0.6) is 0 Å². The van der Waals surface area contributed by atoms with Gasteiger partial charge in [-0.3, -0.25) is 9.63 Å². The van der Waals surface area contributed by atoms with Gasteiger partial charge in [0.25, 0.3) is 5.91 Å². The van der Waals surface area contributed by atoms with Crippen LogP contribution in [0.4, 0.5) is 0 Å². The van der Waals surface area contributed by atoms with E-state index in [0.717, 1.165) is 18.6 Å². The van der Waals surface area contributed by atoms with Gasteiger partial charge in [-0.25, -0.2) is 5.48 Å². The summed E-state index contributed by atoms with van der Waals surface area (Å²) in [6.45, 7) is 6.67. The fourth-order valence-electron chi connectivity index (χ4n) is 1.34. The van der Waals surface area contributed by atoms with Crippen LogP contribution in [0.1, 0.15) is 33.6 Å². The molecule has 0 spiro atoms. The van der Waals surface area contributed by atoms with Crippen molar-refractivity contribution in [3.05, 3.63) is 0 Å². The lowest BCUT2D eigenvalue weighted by atomic mass is 10.1. The van der Waals surface area contributed by atoms with Crippen molar-refractivity contribution in [2.45, 2.75) is 38.4 Å². The lowest BCUT2D eigenvalue weighted by Gasteiger charge is -2.21. The largest absolute Gasteiger partial charge is 0.273 e. The molecule has 4 heteroatoms. The quantitative estimate of drug-likeness (QED) is 0.732. The van der Waals surface area contributed by atoms with E-state index in [9.17, 15) is 4.79 Å². The number of hydroxylamine groups is 1. The summed E-state index contributed by atoms with van der Waals surface area (Å²) in [5, 5.41) is 0. The predicted octanol–water partition coefficient (Wildman–Crippen LogP) is 1.98. The van der Waals surface area contributed by atoms with Gasteiger partial charge in [0, 0.05) is 0 Å². The van der Waals surface area contributed by atoms with Gasteiger partial charge >= 0.3 is 0 Å². The highest BCUT2D eigenvalue weighted by molar-refractivity contribution is 8.01. The van der Waals surface area contributed by atoms with Crippen molar-refractivity contribution in [2.24, 2.45) is 5.92 Å². The fourth-order valence-corrected chi connectivity index (χ4v) is 2.54. The van der Waals surface area contributed by atoms with Crippen LogP contribution < -0.4 is 5.48 Å².